The van der Waals surface area contributed by atoms with Gasteiger partial charge in [0.25, 0.3) is 0 Å². The van der Waals surface area contributed by atoms with Gasteiger partial charge in [-0.1, -0.05) is 206 Å². The summed E-state index contributed by atoms with van der Waals surface area (Å²) in [6.45, 7) is 2.84. The standard InChI is InChI=1S/C60H112N2O18/c1-4-6-8-10-12-14-16-18-19-20-21-22-23-25-27-29-31-33-35-37-48(68)62-43(44(67)36-34-32-30-28-26-24-17-15-13-11-9-7-5-2)41-75-59-54(73)52(71)57(46(39-64)77-59)80-60-55(74)53(72)56(47(40-65)78-60)79-58-49(61-42(3)66)51(70)50(69)45(38-63)76-58/h34,36,43-47,49-60,63-65,67,69-74H,4-33,35,37-41H2,1-3H3,(H,61,66)(H,62,68). The van der Waals surface area contributed by atoms with Crippen LogP contribution in [0.1, 0.15) is 226 Å². The predicted molar refractivity (Wildman–Crippen MR) is 303 cm³/mol. The number of carbonyl (C=O) groups excluding carboxylic acids is 2. The predicted octanol–water partition coefficient (Wildman–Crippen LogP) is 5.52. The van der Waals surface area contributed by atoms with Crippen molar-refractivity contribution in [3.63, 3.8) is 0 Å². The summed E-state index contributed by atoms with van der Waals surface area (Å²) in [7, 11) is 0. The van der Waals surface area contributed by atoms with Crippen LogP contribution in [0.2, 0.25) is 0 Å². The summed E-state index contributed by atoms with van der Waals surface area (Å²) in [5, 5.41) is 114. The zero-order valence-electron chi connectivity index (χ0n) is 49.2. The number of unbranched alkanes of at least 4 members (excludes halogenated alkanes) is 29. The van der Waals surface area contributed by atoms with Gasteiger partial charge in [-0.25, -0.2) is 0 Å². The first-order valence-corrected chi connectivity index (χ1v) is 31.4. The first-order valence-electron chi connectivity index (χ1n) is 31.4. The van der Waals surface area contributed by atoms with Gasteiger partial charge in [0.05, 0.1) is 38.6 Å². The minimum Gasteiger partial charge on any atom is -0.394 e. The molecule has 0 aromatic rings. The Morgan fingerprint density at radius 3 is 1.31 bits per heavy atom. The van der Waals surface area contributed by atoms with Gasteiger partial charge in [0.1, 0.15) is 73.2 Å². The number of rotatable bonds is 46. The van der Waals surface area contributed by atoms with Crippen molar-refractivity contribution >= 4 is 11.8 Å². The van der Waals surface area contributed by atoms with E-state index in [1.54, 1.807) is 6.08 Å². The smallest absolute Gasteiger partial charge is 0.220 e. The number of hydrogen-bond acceptors (Lipinski definition) is 18. The summed E-state index contributed by atoms with van der Waals surface area (Å²) >= 11 is 0. The molecule has 17 unspecified atom stereocenters. The van der Waals surface area contributed by atoms with Crippen LogP contribution in [-0.2, 0) is 38.0 Å². The minimum atomic E-state index is -1.99. The van der Waals surface area contributed by atoms with Crippen LogP contribution in [-0.4, -0.2) is 194 Å². The first kappa shape index (κ1) is 72.3. The molecule has 0 bridgehead atoms. The van der Waals surface area contributed by atoms with Crippen molar-refractivity contribution < 1.29 is 89.1 Å². The first-order chi connectivity index (χ1) is 38.7. The highest BCUT2D eigenvalue weighted by Gasteiger charge is 2.54. The second-order valence-electron chi connectivity index (χ2n) is 22.9. The van der Waals surface area contributed by atoms with E-state index in [1.165, 1.54) is 148 Å². The third-order valence-electron chi connectivity index (χ3n) is 16.0. The van der Waals surface area contributed by atoms with Crippen LogP contribution in [0.25, 0.3) is 0 Å². The van der Waals surface area contributed by atoms with Crippen LogP contribution in [0.4, 0.5) is 0 Å². The van der Waals surface area contributed by atoms with E-state index in [4.69, 9.17) is 28.4 Å². The molecule has 3 saturated heterocycles. The summed E-state index contributed by atoms with van der Waals surface area (Å²) < 4.78 is 34.9. The Kier molecular flexibility index (Phi) is 39.4. The van der Waals surface area contributed by atoms with Gasteiger partial charge in [0, 0.05) is 13.3 Å². The van der Waals surface area contributed by atoms with Gasteiger partial charge in [-0.2, -0.15) is 0 Å². The summed E-state index contributed by atoms with van der Waals surface area (Å²) in [5.41, 5.74) is 0. The highest BCUT2D eigenvalue weighted by atomic mass is 16.8. The van der Waals surface area contributed by atoms with Crippen molar-refractivity contribution in [2.24, 2.45) is 0 Å². The molecule has 17 atom stereocenters. The number of ether oxygens (including phenoxy) is 6. The fourth-order valence-corrected chi connectivity index (χ4v) is 11.0. The molecule has 20 heteroatoms. The molecule has 470 valence electrons. The van der Waals surface area contributed by atoms with Crippen molar-refractivity contribution in [1.82, 2.24) is 10.6 Å². The fourth-order valence-electron chi connectivity index (χ4n) is 11.0. The van der Waals surface area contributed by atoms with Crippen molar-refractivity contribution in [1.29, 1.82) is 0 Å². The molecule has 3 fully saturated rings. The lowest BCUT2D eigenvalue weighted by molar-refractivity contribution is -0.374. The molecule has 3 aliphatic heterocycles. The molecule has 2 amide bonds. The van der Waals surface area contributed by atoms with Gasteiger partial charge in [-0.15, -0.1) is 0 Å². The SMILES string of the molecule is CCCCCCCCCCCCCC=CC(O)C(COC1OC(CO)C(OC2OC(CO)C(OC3OC(CO)C(O)C(O)C3NC(C)=O)C(O)C2O)C(O)C1O)NC(=O)CCCCCCCCCCCCCCCCCCCCC. The van der Waals surface area contributed by atoms with Gasteiger partial charge >= 0.3 is 0 Å². The van der Waals surface area contributed by atoms with Crippen molar-refractivity contribution in [3.05, 3.63) is 12.2 Å². The number of aliphatic hydroxyl groups is 10. The summed E-state index contributed by atoms with van der Waals surface area (Å²) in [4.78, 5) is 25.3. The molecule has 3 heterocycles. The van der Waals surface area contributed by atoms with E-state index < -0.39 is 130 Å². The minimum absolute atomic E-state index is 0.245. The van der Waals surface area contributed by atoms with Gasteiger partial charge in [-0.05, 0) is 19.3 Å². The number of hydrogen-bond donors (Lipinski definition) is 12. The Labute approximate surface area is 479 Å². The molecule has 0 aromatic carbocycles. The van der Waals surface area contributed by atoms with Crippen LogP contribution < -0.4 is 10.6 Å². The summed E-state index contributed by atoms with van der Waals surface area (Å²) in [6, 6.07) is -2.40. The molecule has 80 heavy (non-hydrogen) atoms. The Hall–Kier alpha value is -1.96. The van der Waals surface area contributed by atoms with Crippen molar-refractivity contribution in [3.8, 4) is 0 Å². The van der Waals surface area contributed by atoms with E-state index in [-0.39, 0.29) is 18.9 Å². The van der Waals surface area contributed by atoms with E-state index in [9.17, 15) is 60.7 Å². The Morgan fingerprint density at radius 1 is 0.487 bits per heavy atom. The van der Waals surface area contributed by atoms with Crippen LogP contribution in [0.15, 0.2) is 12.2 Å². The molecule has 12 N–H and O–H groups in total. The van der Waals surface area contributed by atoms with Gasteiger partial charge in [-0.3, -0.25) is 9.59 Å². The largest absolute Gasteiger partial charge is 0.394 e. The second kappa shape index (κ2) is 43.6. The van der Waals surface area contributed by atoms with Gasteiger partial charge < -0.3 is 90.1 Å². The van der Waals surface area contributed by atoms with Crippen LogP contribution in [0, 0.1) is 0 Å². The molecule has 0 radical (unpaired) electrons. The van der Waals surface area contributed by atoms with E-state index in [0.29, 0.717) is 6.42 Å². The molecule has 20 nitrogen and oxygen atoms in total. The van der Waals surface area contributed by atoms with Gasteiger partial charge in [0.2, 0.25) is 11.8 Å². The number of aliphatic hydroxyl groups excluding tert-OH is 10. The van der Waals surface area contributed by atoms with E-state index in [2.05, 4.69) is 24.5 Å². The molecule has 0 spiro atoms. The molecule has 3 aliphatic rings. The van der Waals surface area contributed by atoms with E-state index in [0.717, 1.165) is 51.9 Å². The van der Waals surface area contributed by atoms with Crippen molar-refractivity contribution in [2.45, 2.75) is 330 Å². The maximum absolute atomic E-state index is 13.3. The highest BCUT2D eigenvalue weighted by molar-refractivity contribution is 5.76. The van der Waals surface area contributed by atoms with Crippen LogP contribution in [0.3, 0.4) is 0 Å². The second-order valence-corrected chi connectivity index (χ2v) is 22.9. The third kappa shape index (κ3) is 27.4. The Bertz CT molecular complexity index is 1580. The molecule has 0 aromatic heterocycles. The molecular formula is C60H112N2O18. The molecule has 0 saturated carbocycles. The highest BCUT2D eigenvalue weighted by Crippen LogP contribution is 2.33. The average molecular weight is 1150 g/mol. The third-order valence-corrected chi connectivity index (χ3v) is 16.0. The number of nitrogens with one attached hydrogen (secondary N) is 2. The number of allylic oxidation sites excluding steroid dienone is 1. The zero-order valence-corrected chi connectivity index (χ0v) is 49.2. The Morgan fingerprint density at radius 2 is 0.875 bits per heavy atom. The monoisotopic (exact) mass is 1150 g/mol. The lowest BCUT2D eigenvalue weighted by Crippen LogP contribution is -2.68. The lowest BCUT2D eigenvalue weighted by atomic mass is 9.95. The lowest BCUT2D eigenvalue weighted by Gasteiger charge is -2.48. The normalized spacial score (nSPS) is 29.9. The van der Waals surface area contributed by atoms with Crippen LogP contribution >= 0.6 is 0 Å². The fraction of sp³-hybridized carbons (Fsp3) is 0.933. The maximum Gasteiger partial charge on any atom is 0.220 e. The van der Waals surface area contributed by atoms with E-state index >= 15 is 0 Å². The zero-order chi connectivity index (χ0) is 58.5. The van der Waals surface area contributed by atoms with E-state index in [1.807, 2.05) is 6.08 Å². The summed E-state index contributed by atoms with van der Waals surface area (Å²) in [5.74, 6) is -0.922. The molecular weight excluding hydrogens is 1040 g/mol. The van der Waals surface area contributed by atoms with Crippen LogP contribution in [0.5, 0.6) is 0 Å². The Balaban J connectivity index is 1.52. The summed E-state index contributed by atoms with van der Waals surface area (Å²) in [6.07, 6.45) is 16.7. The quantitative estimate of drug-likeness (QED) is 0.0264. The number of amides is 2. The average Bonchev–Trinajstić information content (AvgIpc) is 3.56. The maximum atomic E-state index is 13.3. The van der Waals surface area contributed by atoms with Gasteiger partial charge in [0.15, 0.2) is 18.9 Å². The number of carbonyl (C=O) groups is 2. The van der Waals surface area contributed by atoms with Crippen molar-refractivity contribution in [2.75, 3.05) is 26.4 Å². The molecule has 0 aliphatic carbocycles. The topological polar surface area (TPSA) is 316 Å². The molecule has 3 rings (SSSR count).